The van der Waals surface area contributed by atoms with Crippen molar-refractivity contribution in [1.82, 2.24) is 0 Å². The molecular weight excluding hydrogens is 436 g/mol. The Kier molecular flexibility index (Phi) is 6.24. The van der Waals surface area contributed by atoms with Crippen LogP contribution in [0.4, 0.5) is 0 Å². The van der Waals surface area contributed by atoms with E-state index in [1.807, 2.05) is 124 Å². The molecule has 0 aliphatic heterocycles. The molecule has 0 unspecified atom stereocenters. The molecule has 0 saturated heterocycles. The first-order chi connectivity index (χ1) is 15.3. The molecule has 3 nitrogen and oxygen atoms in total. The van der Waals surface area contributed by atoms with E-state index in [1.54, 1.807) is 0 Å². The van der Waals surface area contributed by atoms with Gasteiger partial charge < -0.3 is 0 Å². The van der Waals surface area contributed by atoms with E-state index < -0.39 is 20.4 Å². The standard InChI is InChI=1S/C27H26O3S2/c1-21-19-22(2)27(23(3)20-21)32(28,29)30-31(24-13-7-4-8-14-24,25-15-9-5-10-16-25)26-17-11-6-12-18-26/h4-20H,1-3H3. The SMILES string of the molecule is Cc1cc(C)c(S(=O)(=O)OS(c2ccccc2)(c2ccccc2)c2ccccc2)c(C)c1. The van der Waals surface area contributed by atoms with Gasteiger partial charge in [-0.05, 0) is 78.6 Å². The first kappa shape index (κ1) is 22.3. The van der Waals surface area contributed by atoms with Crippen LogP contribution < -0.4 is 0 Å². The summed E-state index contributed by atoms with van der Waals surface area (Å²) in [5.41, 5.74) is 2.39. The number of rotatable bonds is 6. The predicted octanol–water partition coefficient (Wildman–Crippen LogP) is 7.21. The van der Waals surface area contributed by atoms with Gasteiger partial charge in [-0.2, -0.15) is 8.42 Å². The second-order valence-corrected chi connectivity index (χ2v) is 12.1. The lowest BCUT2D eigenvalue weighted by molar-refractivity contribution is 0.507. The first-order valence-corrected chi connectivity index (χ1v) is 13.3. The van der Waals surface area contributed by atoms with Crippen molar-refractivity contribution in [1.29, 1.82) is 0 Å². The van der Waals surface area contributed by atoms with Crippen LogP contribution >= 0.6 is 10.3 Å². The Bertz CT molecular complexity index is 1200. The van der Waals surface area contributed by atoms with E-state index in [4.69, 9.17) is 3.63 Å². The van der Waals surface area contributed by atoms with Gasteiger partial charge in [0.2, 0.25) is 0 Å². The van der Waals surface area contributed by atoms with Crippen molar-refractivity contribution in [2.45, 2.75) is 40.4 Å². The Morgan fingerprint density at radius 3 is 1.25 bits per heavy atom. The molecule has 4 rings (SSSR count). The van der Waals surface area contributed by atoms with Crippen LogP contribution in [0.1, 0.15) is 16.7 Å². The highest BCUT2D eigenvalue weighted by molar-refractivity contribution is 8.33. The zero-order valence-corrected chi connectivity index (χ0v) is 20.0. The third kappa shape index (κ3) is 4.11. The quantitative estimate of drug-likeness (QED) is 0.304. The van der Waals surface area contributed by atoms with Gasteiger partial charge in [0, 0.05) is 14.7 Å². The van der Waals surface area contributed by atoms with Crippen molar-refractivity contribution in [3.05, 3.63) is 120 Å². The van der Waals surface area contributed by atoms with Crippen LogP contribution in [-0.2, 0) is 13.7 Å². The lowest BCUT2D eigenvalue weighted by Crippen LogP contribution is -2.16. The minimum Gasteiger partial charge on any atom is -0.203 e. The minimum atomic E-state index is -4.10. The zero-order valence-electron chi connectivity index (χ0n) is 18.4. The maximum atomic E-state index is 13.9. The van der Waals surface area contributed by atoms with Crippen molar-refractivity contribution >= 4 is 20.4 Å². The van der Waals surface area contributed by atoms with Crippen LogP contribution in [0.5, 0.6) is 0 Å². The normalized spacial score (nSPS) is 12.5. The van der Waals surface area contributed by atoms with Crippen molar-refractivity contribution in [3.63, 3.8) is 0 Å². The summed E-state index contributed by atoms with van der Waals surface area (Å²) in [4.78, 5) is 2.71. The first-order valence-electron chi connectivity index (χ1n) is 10.4. The van der Waals surface area contributed by atoms with Gasteiger partial charge in [0.25, 0.3) is 0 Å². The summed E-state index contributed by atoms with van der Waals surface area (Å²) in [7, 11) is -6.67. The maximum absolute atomic E-state index is 13.9. The molecule has 0 aliphatic carbocycles. The number of hydrogen-bond acceptors (Lipinski definition) is 3. The van der Waals surface area contributed by atoms with Crippen molar-refractivity contribution in [3.8, 4) is 0 Å². The van der Waals surface area contributed by atoms with Gasteiger partial charge in [-0.3, -0.25) is 0 Å². The molecule has 0 radical (unpaired) electrons. The van der Waals surface area contributed by atoms with Gasteiger partial charge in [0.1, 0.15) is 4.90 Å². The highest BCUT2D eigenvalue weighted by atomic mass is 32.3. The number of aryl methyl sites for hydroxylation is 3. The van der Waals surface area contributed by atoms with E-state index in [0.717, 1.165) is 20.2 Å². The van der Waals surface area contributed by atoms with Crippen LogP contribution in [0.25, 0.3) is 0 Å². The summed E-state index contributed by atoms with van der Waals surface area (Å²) in [6, 6.07) is 32.7. The van der Waals surface area contributed by atoms with Crippen LogP contribution in [0, 0.1) is 20.8 Å². The third-order valence-corrected chi connectivity index (χ3v) is 10.8. The smallest absolute Gasteiger partial charge is 0.203 e. The Hall–Kier alpha value is -2.86. The summed E-state index contributed by atoms with van der Waals surface area (Å²) < 4.78 is 34.3. The molecule has 164 valence electrons. The van der Waals surface area contributed by atoms with Gasteiger partial charge in [-0.15, -0.1) is 0 Å². The van der Waals surface area contributed by atoms with Crippen molar-refractivity contribution < 1.29 is 12.0 Å². The Morgan fingerprint density at radius 2 is 0.906 bits per heavy atom. The average molecular weight is 463 g/mol. The minimum absolute atomic E-state index is 0.239. The molecule has 0 saturated carbocycles. The molecule has 0 bridgehead atoms. The summed E-state index contributed by atoms with van der Waals surface area (Å²) in [5, 5.41) is 0. The molecule has 0 heterocycles. The second-order valence-electron chi connectivity index (χ2n) is 7.75. The van der Waals surface area contributed by atoms with Crippen LogP contribution in [0.2, 0.25) is 0 Å². The molecule has 0 aliphatic rings. The summed E-state index contributed by atoms with van der Waals surface area (Å²) in [5.74, 6) is 0. The molecule has 0 aromatic heterocycles. The molecule has 0 atom stereocenters. The highest BCUT2D eigenvalue weighted by Gasteiger charge is 2.39. The topological polar surface area (TPSA) is 43.4 Å². The number of hydrogen-bond donors (Lipinski definition) is 0. The van der Waals surface area contributed by atoms with Gasteiger partial charge in [-0.1, -0.05) is 72.3 Å². The van der Waals surface area contributed by atoms with Gasteiger partial charge in [0.15, 0.2) is 0 Å². The van der Waals surface area contributed by atoms with E-state index in [0.29, 0.717) is 11.1 Å². The van der Waals surface area contributed by atoms with Gasteiger partial charge in [-0.25, -0.2) is 3.63 Å². The molecule has 0 spiro atoms. The second kappa shape index (κ2) is 8.94. The van der Waals surface area contributed by atoms with E-state index in [9.17, 15) is 8.42 Å². The van der Waals surface area contributed by atoms with Crippen LogP contribution in [-0.4, -0.2) is 8.42 Å². The highest BCUT2D eigenvalue weighted by Crippen LogP contribution is 2.70. The fourth-order valence-corrected chi connectivity index (χ4v) is 9.73. The maximum Gasteiger partial charge on any atom is 0.307 e. The van der Waals surface area contributed by atoms with Crippen LogP contribution in [0.15, 0.2) is 123 Å². The Balaban J connectivity index is 2.03. The fourth-order valence-electron chi connectivity index (χ4n) is 4.09. The molecule has 0 amide bonds. The van der Waals surface area contributed by atoms with E-state index in [1.165, 1.54) is 0 Å². The van der Waals surface area contributed by atoms with Gasteiger partial charge in [0.05, 0.1) is 0 Å². The molecule has 32 heavy (non-hydrogen) atoms. The van der Waals surface area contributed by atoms with E-state index in [2.05, 4.69) is 0 Å². The summed E-state index contributed by atoms with van der Waals surface area (Å²) in [6.07, 6.45) is 0. The largest absolute Gasteiger partial charge is 0.307 e. The molecule has 5 heteroatoms. The third-order valence-electron chi connectivity index (χ3n) is 5.27. The Morgan fingerprint density at radius 1 is 0.562 bits per heavy atom. The zero-order chi connectivity index (χ0) is 22.8. The molecule has 0 fully saturated rings. The van der Waals surface area contributed by atoms with Gasteiger partial charge >= 0.3 is 10.1 Å². The van der Waals surface area contributed by atoms with Crippen LogP contribution in [0.3, 0.4) is 0 Å². The average Bonchev–Trinajstić information content (AvgIpc) is 2.78. The Labute approximate surface area is 192 Å². The number of benzene rings is 4. The van der Waals surface area contributed by atoms with Crippen molar-refractivity contribution in [2.75, 3.05) is 0 Å². The molecular formula is C27H26O3S2. The molecule has 4 aromatic rings. The summed E-state index contributed by atoms with van der Waals surface area (Å²) in [6.45, 7) is 5.60. The molecule has 0 N–H and O–H groups in total. The predicted molar refractivity (Wildman–Crippen MR) is 131 cm³/mol. The molecule has 4 aromatic carbocycles. The van der Waals surface area contributed by atoms with E-state index in [-0.39, 0.29) is 4.90 Å². The van der Waals surface area contributed by atoms with Crippen molar-refractivity contribution in [2.24, 2.45) is 0 Å². The summed E-state index contributed by atoms with van der Waals surface area (Å²) >= 11 is 0. The van der Waals surface area contributed by atoms with E-state index >= 15 is 0 Å². The monoisotopic (exact) mass is 462 g/mol. The lowest BCUT2D eigenvalue weighted by Gasteiger charge is -2.39. The lowest BCUT2D eigenvalue weighted by atomic mass is 10.1. The fraction of sp³-hybridized carbons (Fsp3) is 0.111.